The first-order valence-electron chi connectivity index (χ1n) is 4.73. The summed E-state index contributed by atoms with van der Waals surface area (Å²) in [6.45, 7) is 0. The number of hydrogen-bond donors (Lipinski definition) is 1. The van der Waals surface area contributed by atoms with Crippen LogP contribution >= 0.6 is 0 Å². The summed E-state index contributed by atoms with van der Waals surface area (Å²) in [6, 6.07) is 15.1. The van der Waals surface area contributed by atoms with Crippen molar-refractivity contribution in [3.63, 3.8) is 0 Å². The fraction of sp³-hybridized carbons (Fsp3) is 0. The second kappa shape index (κ2) is 4.42. The summed E-state index contributed by atoms with van der Waals surface area (Å²) < 4.78 is 0. The predicted octanol–water partition coefficient (Wildman–Crippen LogP) is 3.14. The molecule has 0 fully saturated rings. The Kier molecular flexibility index (Phi) is 2.79. The van der Waals surface area contributed by atoms with Crippen molar-refractivity contribution in [1.29, 1.82) is 0 Å². The normalized spacial score (nSPS) is 11.3. The van der Waals surface area contributed by atoms with Crippen LogP contribution in [0.15, 0.2) is 54.7 Å². The van der Waals surface area contributed by atoms with Gasteiger partial charge < -0.3 is 5.11 Å². The van der Waals surface area contributed by atoms with Crippen LogP contribution in [0.4, 0.5) is 0 Å². The van der Waals surface area contributed by atoms with Crippen LogP contribution in [0.1, 0.15) is 11.3 Å². The molecule has 1 heterocycles. The summed E-state index contributed by atoms with van der Waals surface area (Å²) in [5.41, 5.74) is 1.54. The van der Waals surface area contributed by atoms with Gasteiger partial charge in [-0.25, -0.2) is 0 Å². The molecule has 0 bridgehead atoms. The summed E-state index contributed by atoms with van der Waals surface area (Å²) >= 11 is 0. The van der Waals surface area contributed by atoms with Crippen molar-refractivity contribution in [2.45, 2.75) is 0 Å². The lowest BCUT2D eigenvalue weighted by atomic mass is 10.2. The number of benzene rings is 1. The first kappa shape index (κ1) is 9.46. The molecule has 1 aromatic heterocycles. The molecule has 0 atom stereocenters. The molecular formula is C13H11NO. The third-order valence-electron chi connectivity index (χ3n) is 2.03. The number of pyridine rings is 1. The fourth-order valence-electron chi connectivity index (χ4n) is 1.30. The van der Waals surface area contributed by atoms with E-state index < -0.39 is 0 Å². The van der Waals surface area contributed by atoms with E-state index in [0.717, 1.165) is 5.56 Å². The van der Waals surface area contributed by atoms with Gasteiger partial charge in [-0.1, -0.05) is 36.4 Å². The van der Waals surface area contributed by atoms with Gasteiger partial charge in [0.25, 0.3) is 0 Å². The van der Waals surface area contributed by atoms with Gasteiger partial charge in [-0.15, -0.1) is 0 Å². The quantitative estimate of drug-likeness (QED) is 0.750. The van der Waals surface area contributed by atoms with Crippen LogP contribution in [0.3, 0.4) is 0 Å². The number of nitrogens with zero attached hydrogens (tertiary/aromatic N) is 1. The second-order valence-corrected chi connectivity index (χ2v) is 3.16. The minimum Gasteiger partial charge on any atom is -0.506 e. The van der Waals surface area contributed by atoms with Gasteiger partial charge in [0.1, 0.15) is 11.5 Å². The Morgan fingerprint density at radius 1 is 1.00 bits per heavy atom. The highest BCUT2D eigenvalue weighted by Gasteiger charge is 1.98. The molecule has 0 aliphatic carbocycles. The van der Waals surface area contributed by atoms with Crippen LogP contribution in [-0.2, 0) is 0 Å². The predicted molar refractivity (Wildman–Crippen MR) is 61.2 cm³/mol. The van der Waals surface area contributed by atoms with Gasteiger partial charge in [0, 0.05) is 6.20 Å². The van der Waals surface area contributed by atoms with E-state index in [-0.39, 0.29) is 5.76 Å². The summed E-state index contributed by atoms with van der Waals surface area (Å²) in [6.07, 6.45) is 3.35. The van der Waals surface area contributed by atoms with Crippen LogP contribution in [0.2, 0.25) is 0 Å². The molecule has 15 heavy (non-hydrogen) atoms. The Bertz CT molecular complexity index is 448. The monoisotopic (exact) mass is 197 g/mol. The van der Waals surface area contributed by atoms with Crippen molar-refractivity contribution in [3.05, 3.63) is 66.0 Å². The largest absolute Gasteiger partial charge is 0.506 e. The third kappa shape index (κ3) is 2.44. The lowest BCUT2D eigenvalue weighted by molar-refractivity contribution is 0.512. The number of hydrogen-bond acceptors (Lipinski definition) is 2. The zero-order valence-corrected chi connectivity index (χ0v) is 8.17. The molecule has 2 heteroatoms. The molecule has 0 unspecified atom stereocenters. The molecule has 0 aliphatic heterocycles. The molecule has 2 nitrogen and oxygen atoms in total. The van der Waals surface area contributed by atoms with Gasteiger partial charge in [-0.2, -0.15) is 0 Å². The average molecular weight is 197 g/mol. The first-order valence-corrected chi connectivity index (χ1v) is 4.73. The topological polar surface area (TPSA) is 33.1 Å². The van der Waals surface area contributed by atoms with Gasteiger partial charge in [0.2, 0.25) is 0 Å². The zero-order valence-electron chi connectivity index (χ0n) is 8.17. The molecule has 2 aromatic rings. The molecule has 74 valence electrons. The number of rotatable bonds is 2. The fourth-order valence-corrected chi connectivity index (χ4v) is 1.30. The molecule has 1 aromatic carbocycles. The van der Waals surface area contributed by atoms with E-state index >= 15 is 0 Å². The summed E-state index contributed by atoms with van der Waals surface area (Å²) in [5, 5.41) is 9.77. The maximum Gasteiger partial charge on any atom is 0.141 e. The second-order valence-electron chi connectivity index (χ2n) is 3.16. The Hall–Kier alpha value is -2.09. The van der Waals surface area contributed by atoms with Crippen molar-refractivity contribution in [2.75, 3.05) is 0 Å². The molecule has 0 spiro atoms. The SMILES string of the molecule is O/C(=C/c1ccccc1)c1ccccn1. The van der Waals surface area contributed by atoms with E-state index in [2.05, 4.69) is 4.98 Å². The van der Waals surface area contributed by atoms with Gasteiger partial charge in [0.15, 0.2) is 0 Å². The summed E-state index contributed by atoms with van der Waals surface area (Å²) in [5.74, 6) is 0.182. The molecule has 1 N–H and O–H groups in total. The van der Waals surface area contributed by atoms with Crippen LogP contribution in [-0.4, -0.2) is 10.1 Å². The lowest BCUT2D eigenvalue weighted by Gasteiger charge is -1.98. The zero-order chi connectivity index (χ0) is 10.5. The summed E-state index contributed by atoms with van der Waals surface area (Å²) in [7, 11) is 0. The van der Waals surface area contributed by atoms with Gasteiger partial charge in [-0.05, 0) is 23.8 Å². The molecule has 0 saturated carbocycles. The van der Waals surface area contributed by atoms with E-state index in [0.29, 0.717) is 5.69 Å². The minimum atomic E-state index is 0.182. The Morgan fingerprint density at radius 3 is 2.40 bits per heavy atom. The van der Waals surface area contributed by atoms with E-state index in [1.807, 2.05) is 42.5 Å². The van der Waals surface area contributed by atoms with Crippen molar-refractivity contribution in [1.82, 2.24) is 4.98 Å². The Labute approximate surface area is 88.5 Å². The van der Waals surface area contributed by atoms with Crippen LogP contribution in [0, 0.1) is 0 Å². The number of aliphatic hydroxyl groups excluding tert-OH is 1. The highest BCUT2D eigenvalue weighted by atomic mass is 16.3. The van der Waals surface area contributed by atoms with E-state index in [1.54, 1.807) is 18.3 Å². The van der Waals surface area contributed by atoms with Crippen LogP contribution in [0.25, 0.3) is 11.8 Å². The standard InChI is InChI=1S/C13H11NO/c15-13(12-8-4-5-9-14-12)10-11-6-2-1-3-7-11/h1-10,15H/b13-10+. The van der Waals surface area contributed by atoms with Crippen molar-refractivity contribution >= 4 is 11.8 Å². The van der Waals surface area contributed by atoms with Gasteiger partial charge in [-0.3, -0.25) is 4.98 Å². The average Bonchev–Trinajstić information content (AvgIpc) is 2.31. The van der Waals surface area contributed by atoms with Crippen molar-refractivity contribution in [3.8, 4) is 0 Å². The molecule has 0 aliphatic rings. The highest BCUT2D eigenvalue weighted by Crippen LogP contribution is 2.12. The minimum absolute atomic E-state index is 0.182. The van der Waals surface area contributed by atoms with Crippen LogP contribution in [0.5, 0.6) is 0 Å². The molecule has 0 radical (unpaired) electrons. The van der Waals surface area contributed by atoms with Crippen LogP contribution < -0.4 is 0 Å². The molecular weight excluding hydrogens is 186 g/mol. The lowest BCUT2D eigenvalue weighted by Crippen LogP contribution is -1.86. The van der Waals surface area contributed by atoms with E-state index in [9.17, 15) is 5.11 Å². The highest BCUT2D eigenvalue weighted by molar-refractivity contribution is 5.74. The molecule has 0 amide bonds. The maximum atomic E-state index is 9.77. The van der Waals surface area contributed by atoms with Gasteiger partial charge >= 0.3 is 0 Å². The van der Waals surface area contributed by atoms with E-state index in [4.69, 9.17) is 0 Å². The number of aliphatic hydroxyl groups is 1. The summed E-state index contributed by atoms with van der Waals surface area (Å²) in [4.78, 5) is 4.06. The Morgan fingerprint density at radius 2 is 1.73 bits per heavy atom. The van der Waals surface area contributed by atoms with Crippen molar-refractivity contribution in [2.24, 2.45) is 0 Å². The number of aromatic nitrogens is 1. The third-order valence-corrected chi connectivity index (χ3v) is 2.03. The smallest absolute Gasteiger partial charge is 0.141 e. The van der Waals surface area contributed by atoms with Gasteiger partial charge in [0.05, 0.1) is 0 Å². The molecule has 2 rings (SSSR count). The first-order chi connectivity index (χ1) is 7.36. The Balaban J connectivity index is 2.29. The van der Waals surface area contributed by atoms with E-state index in [1.165, 1.54) is 0 Å². The molecule has 0 saturated heterocycles. The maximum absolute atomic E-state index is 9.77. The van der Waals surface area contributed by atoms with Crippen molar-refractivity contribution < 1.29 is 5.11 Å².